The van der Waals surface area contributed by atoms with Gasteiger partial charge in [-0.1, -0.05) is 23.7 Å². The highest BCUT2D eigenvalue weighted by atomic mass is 35.5. The van der Waals surface area contributed by atoms with E-state index >= 15 is 0 Å². The van der Waals surface area contributed by atoms with Crippen LogP contribution < -0.4 is 0 Å². The van der Waals surface area contributed by atoms with Crippen molar-refractivity contribution in [1.82, 2.24) is 9.80 Å². The lowest BCUT2D eigenvalue weighted by Gasteiger charge is -2.39. The van der Waals surface area contributed by atoms with Gasteiger partial charge in [0.15, 0.2) is 0 Å². The number of likely N-dealkylation sites (tertiary alicyclic amines) is 2. The van der Waals surface area contributed by atoms with Crippen LogP contribution in [-0.4, -0.2) is 53.2 Å². The average Bonchev–Trinajstić information content (AvgIpc) is 3.04. The molecular formula is C21H31ClN2O2. The van der Waals surface area contributed by atoms with Crippen molar-refractivity contribution in [1.29, 1.82) is 0 Å². The Kier molecular flexibility index (Phi) is 6.13. The van der Waals surface area contributed by atoms with Gasteiger partial charge in [-0.3, -0.25) is 4.90 Å². The van der Waals surface area contributed by atoms with Crippen molar-refractivity contribution in [2.24, 2.45) is 0 Å². The Balaban J connectivity index is 1.53. The maximum Gasteiger partial charge on any atom is 0.410 e. The third-order valence-corrected chi connectivity index (χ3v) is 5.64. The van der Waals surface area contributed by atoms with Crippen LogP contribution in [0.3, 0.4) is 0 Å². The van der Waals surface area contributed by atoms with Gasteiger partial charge in [-0.15, -0.1) is 0 Å². The minimum absolute atomic E-state index is 0.171. The number of amides is 1. The van der Waals surface area contributed by atoms with Crippen LogP contribution in [0.4, 0.5) is 4.79 Å². The molecule has 5 heteroatoms. The molecule has 0 aliphatic carbocycles. The van der Waals surface area contributed by atoms with E-state index in [0.29, 0.717) is 12.1 Å². The van der Waals surface area contributed by atoms with Crippen LogP contribution in [0.25, 0.3) is 0 Å². The zero-order valence-electron chi connectivity index (χ0n) is 16.2. The second-order valence-corrected chi connectivity index (χ2v) is 9.00. The molecule has 1 aromatic carbocycles. The van der Waals surface area contributed by atoms with Crippen LogP contribution in [0.15, 0.2) is 24.3 Å². The first-order valence-corrected chi connectivity index (χ1v) is 10.2. The summed E-state index contributed by atoms with van der Waals surface area (Å²) in [4.78, 5) is 16.8. The Morgan fingerprint density at radius 1 is 1.12 bits per heavy atom. The van der Waals surface area contributed by atoms with Gasteiger partial charge in [0.25, 0.3) is 0 Å². The largest absolute Gasteiger partial charge is 0.444 e. The Morgan fingerprint density at radius 2 is 1.77 bits per heavy atom. The lowest BCUT2D eigenvalue weighted by atomic mass is 9.99. The molecule has 3 rings (SSSR count). The van der Waals surface area contributed by atoms with Gasteiger partial charge in [0.1, 0.15) is 5.60 Å². The molecule has 0 saturated carbocycles. The quantitative estimate of drug-likeness (QED) is 0.761. The van der Waals surface area contributed by atoms with Crippen LogP contribution in [0, 0.1) is 0 Å². The highest BCUT2D eigenvalue weighted by Gasteiger charge is 2.34. The molecule has 0 bridgehead atoms. The molecule has 2 fully saturated rings. The molecule has 2 aliphatic heterocycles. The molecule has 1 unspecified atom stereocenters. The zero-order chi connectivity index (χ0) is 18.7. The lowest BCUT2D eigenvalue weighted by Crippen LogP contribution is -2.49. The SMILES string of the molecule is CC(C)(C)OC(=O)N1CCC(N2CCCC2Cc2ccc(Cl)cc2)CC1. The van der Waals surface area contributed by atoms with Gasteiger partial charge in [0, 0.05) is 30.2 Å². The highest BCUT2D eigenvalue weighted by Crippen LogP contribution is 2.29. The van der Waals surface area contributed by atoms with Gasteiger partial charge in [-0.25, -0.2) is 4.79 Å². The maximum absolute atomic E-state index is 12.3. The Hall–Kier alpha value is -1.26. The predicted octanol–water partition coefficient (Wildman–Crippen LogP) is 4.75. The molecule has 1 amide bonds. The van der Waals surface area contributed by atoms with E-state index in [0.717, 1.165) is 37.4 Å². The van der Waals surface area contributed by atoms with Gasteiger partial charge < -0.3 is 9.64 Å². The molecule has 2 aliphatic rings. The van der Waals surface area contributed by atoms with E-state index in [1.807, 2.05) is 37.8 Å². The van der Waals surface area contributed by atoms with Crippen molar-refractivity contribution in [3.05, 3.63) is 34.9 Å². The number of piperidine rings is 1. The van der Waals surface area contributed by atoms with Gasteiger partial charge in [-0.05, 0) is 77.1 Å². The number of hydrogen-bond acceptors (Lipinski definition) is 3. The number of carbonyl (C=O) groups excluding carboxylic acids is 1. The first kappa shape index (κ1) is 19.5. The summed E-state index contributed by atoms with van der Waals surface area (Å²) in [7, 11) is 0. The van der Waals surface area contributed by atoms with Crippen molar-refractivity contribution in [2.45, 2.75) is 70.6 Å². The molecule has 0 aromatic heterocycles. The predicted molar refractivity (Wildman–Crippen MR) is 106 cm³/mol. The molecular weight excluding hydrogens is 348 g/mol. The van der Waals surface area contributed by atoms with Crippen LogP contribution in [-0.2, 0) is 11.2 Å². The topological polar surface area (TPSA) is 32.8 Å². The third-order valence-electron chi connectivity index (χ3n) is 5.39. The van der Waals surface area contributed by atoms with E-state index in [2.05, 4.69) is 17.0 Å². The monoisotopic (exact) mass is 378 g/mol. The van der Waals surface area contributed by atoms with E-state index < -0.39 is 5.60 Å². The van der Waals surface area contributed by atoms with Crippen molar-refractivity contribution in [3.63, 3.8) is 0 Å². The normalized spacial score (nSPS) is 22.6. The van der Waals surface area contributed by atoms with Crippen LogP contribution in [0.2, 0.25) is 5.02 Å². The number of halogens is 1. The summed E-state index contributed by atoms with van der Waals surface area (Å²) >= 11 is 6.01. The number of ether oxygens (including phenoxy) is 1. The molecule has 0 radical (unpaired) electrons. The number of hydrogen-bond donors (Lipinski definition) is 0. The van der Waals surface area contributed by atoms with Crippen LogP contribution in [0.5, 0.6) is 0 Å². The van der Waals surface area contributed by atoms with Gasteiger partial charge in [0.05, 0.1) is 0 Å². The fourth-order valence-electron chi connectivity index (χ4n) is 4.16. The fraction of sp³-hybridized carbons (Fsp3) is 0.667. The van der Waals surface area contributed by atoms with Gasteiger partial charge >= 0.3 is 6.09 Å². The molecule has 1 aromatic rings. The number of carbonyl (C=O) groups is 1. The summed E-state index contributed by atoms with van der Waals surface area (Å²) in [6.07, 6.45) is 5.52. The molecule has 2 heterocycles. The molecule has 0 N–H and O–H groups in total. The summed E-state index contributed by atoms with van der Waals surface area (Å²) in [5, 5.41) is 0.798. The van der Waals surface area contributed by atoms with E-state index in [9.17, 15) is 4.79 Å². The third kappa shape index (κ3) is 5.14. The second kappa shape index (κ2) is 8.18. The summed E-state index contributed by atoms with van der Waals surface area (Å²) in [6, 6.07) is 9.43. The van der Waals surface area contributed by atoms with Crippen molar-refractivity contribution >= 4 is 17.7 Å². The van der Waals surface area contributed by atoms with Crippen molar-refractivity contribution in [2.75, 3.05) is 19.6 Å². The molecule has 26 heavy (non-hydrogen) atoms. The smallest absolute Gasteiger partial charge is 0.410 e. The van der Waals surface area contributed by atoms with E-state index in [1.165, 1.54) is 24.9 Å². The summed E-state index contributed by atoms with van der Waals surface area (Å²) in [6.45, 7) is 8.53. The zero-order valence-corrected chi connectivity index (χ0v) is 17.0. The minimum Gasteiger partial charge on any atom is -0.444 e. The number of benzene rings is 1. The van der Waals surface area contributed by atoms with E-state index in [1.54, 1.807) is 0 Å². The minimum atomic E-state index is -0.424. The lowest BCUT2D eigenvalue weighted by molar-refractivity contribution is 0.0135. The standard InChI is InChI=1S/C21H31ClN2O2/c1-21(2,3)26-20(25)23-13-10-18(11-14-23)24-12-4-5-19(24)15-16-6-8-17(22)9-7-16/h6-9,18-19H,4-5,10-15H2,1-3H3. The molecule has 4 nitrogen and oxygen atoms in total. The van der Waals surface area contributed by atoms with Crippen LogP contribution >= 0.6 is 11.6 Å². The molecule has 2 saturated heterocycles. The Labute approximate surface area is 162 Å². The van der Waals surface area contributed by atoms with E-state index in [4.69, 9.17) is 16.3 Å². The first-order chi connectivity index (χ1) is 12.3. The van der Waals surface area contributed by atoms with Crippen LogP contribution in [0.1, 0.15) is 52.0 Å². The summed E-state index contributed by atoms with van der Waals surface area (Å²) in [5.41, 5.74) is 0.935. The Bertz CT molecular complexity index is 603. The average molecular weight is 379 g/mol. The summed E-state index contributed by atoms with van der Waals surface area (Å²) < 4.78 is 5.51. The fourth-order valence-corrected chi connectivity index (χ4v) is 4.28. The molecule has 1 atom stereocenters. The maximum atomic E-state index is 12.3. The second-order valence-electron chi connectivity index (χ2n) is 8.56. The summed E-state index contributed by atoms with van der Waals surface area (Å²) in [5.74, 6) is 0. The van der Waals surface area contributed by atoms with Crippen molar-refractivity contribution in [3.8, 4) is 0 Å². The molecule has 144 valence electrons. The van der Waals surface area contributed by atoms with Gasteiger partial charge in [0.2, 0.25) is 0 Å². The first-order valence-electron chi connectivity index (χ1n) is 9.80. The highest BCUT2D eigenvalue weighted by molar-refractivity contribution is 6.30. The van der Waals surface area contributed by atoms with E-state index in [-0.39, 0.29) is 6.09 Å². The number of rotatable bonds is 3. The van der Waals surface area contributed by atoms with Gasteiger partial charge in [-0.2, -0.15) is 0 Å². The molecule has 0 spiro atoms. The Morgan fingerprint density at radius 3 is 2.38 bits per heavy atom. The number of nitrogens with zero attached hydrogens (tertiary/aromatic N) is 2. The van der Waals surface area contributed by atoms with Crippen molar-refractivity contribution < 1.29 is 9.53 Å².